The van der Waals surface area contributed by atoms with E-state index in [9.17, 15) is 9.59 Å². The van der Waals surface area contributed by atoms with Gasteiger partial charge in [-0.1, -0.05) is 0 Å². The van der Waals surface area contributed by atoms with Gasteiger partial charge in [0.2, 0.25) is 5.91 Å². The number of aromatic nitrogens is 2. The van der Waals surface area contributed by atoms with Crippen LogP contribution in [-0.4, -0.2) is 35.0 Å². The number of carbonyl (C=O) groups is 2. The van der Waals surface area contributed by atoms with Crippen LogP contribution in [0.5, 0.6) is 0 Å². The molecule has 7 heteroatoms. The van der Waals surface area contributed by atoms with Crippen molar-refractivity contribution in [3.63, 3.8) is 0 Å². The van der Waals surface area contributed by atoms with Crippen molar-refractivity contribution in [3.8, 4) is 0 Å². The zero-order valence-electron chi connectivity index (χ0n) is 9.02. The second-order valence-electron chi connectivity index (χ2n) is 3.06. The molecular formula is C9H14ClN3O3. The summed E-state index contributed by atoms with van der Waals surface area (Å²) in [4.78, 5) is 28.8. The highest BCUT2D eigenvalue weighted by atomic mass is 35.5. The zero-order chi connectivity index (χ0) is 11.3. The number of H-pyrrole nitrogens is 1. The summed E-state index contributed by atoms with van der Waals surface area (Å²) in [5.41, 5.74) is 0.763. The van der Waals surface area contributed by atoms with Gasteiger partial charge in [-0.25, -0.2) is 9.78 Å². The topological polar surface area (TPSA) is 84.1 Å². The standard InChI is InChI=1S/C9H13N3O3.ClH/c1-6(13)12-8(9(14)15-2)3-7-4-10-5-11-7;/h4-5,8H,3H2,1-2H3,(H,10,11)(H,12,13);1H. The summed E-state index contributed by atoms with van der Waals surface area (Å²) >= 11 is 0. The number of aromatic amines is 1. The molecule has 0 saturated heterocycles. The molecule has 0 aliphatic rings. The molecule has 2 N–H and O–H groups in total. The van der Waals surface area contributed by atoms with E-state index in [2.05, 4.69) is 20.0 Å². The number of nitrogens with zero attached hydrogens (tertiary/aromatic N) is 1. The van der Waals surface area contributed by atoms with Gasteiger partial charge >= 0.3 is 5.97 Å². The number of hydrogen-bond donors (Lipinski definition) is 2. The lowest BCUT2D eigenvalue weighted by Crippen LogP contribution is -2.42. The van der Waals surface area contributed by atoms with Gasteiger partial charge in [0.15, 0.2) is 0 Å². The summed E-state index contributed by atoms with van der Waals surface area (Å²) in [5, 5.41) is 2.51. The van der Waals surface area contributed by atoms with Gasteiger partial charge in [0, 0.05) is 25.2 Å². The molecular weight excluding hydrogens is 234 g/mol. The number of halogens is 1. The van der Waals surface area contributed by atoms with Crippen LogP contribution in [0, 0.1) is 0 Å². The molecule has 0 fully saturated rings. The first-order valence-corrected chi connectivity index (χ1v) is 4.45. The molecule has 1 unspecified atom stereocenters. The lowest BCUT2D eigenvalue weighted by Gasteiger charge is -2.13. The normalized spacial score (nSPS) is 11.1. The molecule has 0 spiro atoms. The second kappa shape index (κ2) is 6.84. The monoisotopic (exact) mass is 247 g/mol. The molecule has 1 aromatic heterocycles. The molecule has 1 aromatic rings. The third-order valence-corrected chi connectivity index (χ3v) is 1.84. The van der Waals surface area contributed by atoms with Gasteiger partial charge in [-0.3, -0.25) is 4.79 Å². The molecule has 0 radical (unpaired) electrons. The van der Waals surface area contributed by atoms with Crippen molar-refractivity contribution in [3.05, 3.63) is 18.2 Å². The number of imidazole rings is 1. The Kier molecular flexibility index (Phi) is 6.17. The van der Waals surface area contributed by atoms with E-state index in [4.69, 9.17) is 0 Å². The van der Waals surface area contributed by atoms with E-state index < -0.39 is 12.0 Å². The van der Waals surface area contributed by atoms with Gasteiger partial charge in [-0.05, 0) is 0 Å². The first kappa shape index (κ1) is 14.4. The number of nitrogens with one attached hydrogen (secondary N) is 2. The Balaban J connectivity index is 0.00000225. The van der Waals surface area contributed by atoms with Crippen LogP contribution in [0.4, 0.5) is 0 Å². The lowest BCUT2D eigenvalue weighted by atomic mass is 10.1. The van der Waals surface area contributed by atoms with E-state index >= 15 is 0 Å². The van der Waals surface area contributed by atoms with Gasteiger partial charge in [0.1, 0.15) is 6.04 Å². The zero-order valence-corrected chi connectivity index (χ0v) is 9.84. The largest absolute Gasteiger partial charge is 0.467 e. The summed E-state index contributed by atoms with van der Waals surface area (Å²) in [6.07, 6.45) is 3.45. The van der Waals surface area contributed by atoms with Crippen LogP contribution in [0.3, 0.4) is 0 Å². The third kappa shape index (κ3) is 4.31. The first-order chi connectivity index (χ1) is 7.13. The molecule has 1 rings (SSSR count). The quantitative estimate of drug-likeness (QED) is 0.737. The summed E-state index contributed by atoms with van der Waals surface area (Å²) in [6.45, 7) is 1.35. The Hall–Kier alpha value is -1.56. The van der Waals surface area contributed by atoms with E-state index in [0.29, 0.717) is 6.42 Å². The van der Waals surface area contributed by atoms with Gasteiger partial charge in [0.25, 0.3) is 0 Å². The first-order valence-electron chi connectivity index (χ1n) is 4.45. The maximum atomic E-state index is 11.3. The Bertz CT molecular complexity index is 340. The lowest BCUT2D eigenvalue weighted by molar-refractivity contribution is -0.144. The average Bonchev–Trinajstić information content (AvgIpc) is 2.67. The number of rotatable bonds is 4. The van der Waals surface area contributed by atoms with E-state index in [1.807, 2.05) is 0 Å². The molecule has 1 heterocycles. The van der Waals surface area contributed by atoms with Crippen LogP contribution < -0.4 is 5.32 Å². The highest BCUT2D eigenvalue weighted by Gasteiger charge is 2.20. The van der Waals surface area contributed by atoms with E-state index in [0.717, 1.165) is 5.69 Å². The summed E-state index contributed by atoms with van der Waals surface area (Å²) in [6, 6.07) is -0.673. The highest BCUT2D eigenvalue weighted by molar-refractivity contribution is 5.85. The van der Waals surface area contributed by atoms with Crippen molar-refractivity contribution in [1.82, 2.24) is 15.3 Å². The molecule has 1 amide bonds. The fourth-order valence-electron chi connectivity index (χ4n) is 1.20. The number of hydrogen-bond acceptors (Lipinski definition) is 4. The molecule has 0 aliphatic carbocycles. The van der Waals surface area contributed by atoms with Crippen molar-refractivity contribution in [2.45, 2.75) is 19.4 Å². The van der Waals surface area contributed by atoms with Crippen LogP contribution in [0.25, 0.3) is 0 Å². The number of amides is 1. The number of ether oxygens (including phenoxy) is 1. The number of esters is 1. The van der Waals surface area contributed by atoms with Gasteiger partial charge < -0.3 is 15.0 Å². The maximum Gasteiger partial charge on any atom is 0.328 e. The van der Waals surface area contributed by atoms with Crippen LogP contribution >= 0.6 is 12.4 Å². The molecule has 16 heavy (non-hydrogen) atoms. The SMILES string of the molecule is COC(=O)C(Cc1cnc[nH]1)NC(C)=O.Cl. The van der Waals surface area contributed by atoms with Crippen LogP contribution in [-0.2, 0) is 20.7 Å². The molecule has 1 atom stereocenters. The van der Waals surface area contributed by atoms with Gasteiger partial charge in [-0.15, -0.1) is 12.4 Å². The predicted molar refractivity (Wildman–Crippen MR) is 59.2 cm³/mol. The Morgan fingerprint density at radius 3 is 2.75 bits per heavy atom. The summed E-state index contributed by atoms with van der Waals surface area (Å²) < 4.78 is 4.57. The fourth-order valence-corrected chi connectivity index (χ4v) is 1.20. The van der Waals surface area contributed by atoms with Crippen molar-refractivity contribution in [2.75, 3.05) is 7.11 Å². The molecule has 0 aliphatic heterocycles. The molecule has 0 saturated carbocycles. The van der Waals surface area contributed by atoms with E-state index in [1.165, 1.54) is 20.4 Å². The Morgan fingerprint density at radius 1 is 1.62 bits per heavy atom. The van der Waals surface area contributed by atoms with Crippen LogP contribution in [0.2, 0.25) is 0 Å². The molecule has 6 nitrogen and oxygen atoms in total. The maximum absolute atomic E-state index is 11.3. The molecule has 90 valence electrons. The van der Waals surface area contributed by atoms with Crippen molar-refractivity contribution < 1.29 is 14.3 Å². The Labute approximate surface area is 99.2 Å². The van der Waals surface area contributed by atoms with Crippen molar-refractivity contribution in [1.29, 1.82) is 0 Å². The van der Waals surface area contributed by atoms with Crippen molar-refractivity contribution >= 4 is 24.3 Å². The summed E-state index contributed by atoms with van der Waals surface area (Å²) in [5.74, 6) is -0.746. The minimum Gasteiger partial charge on any atom is -0.467 e. The van der Waals surface area contributed by atoms with Crippen LogP contribution in [0.1, 0.15) is 12.6 Å². The van der Waals surface area contributed by atoms with Gasteiger partial charge in [-0.2, -0.15) is 0 Å². The number of carbonyl (C=O) groups excluding carboxylic acids is 2. The third-order valence-electron chi connectivity index (χ3n) is 1.84. The minimum atomic E-state index is -0.673. The van der Waals surface area contributed by atoms with Crippen molar-refractivity contribution in [2.24, 2.45) is 0 Å². The minimum absolute atomic E-state index is 0. The number of methoxy groups -OCH3 is 1. The highest BCUT2D eigenvalue weighted by Crippen LogP contribution is 2.00. The smallest absolute Gasteiger partial charge is 0.328 e. The Morgan fingerprint density at radius 2 is 2.31 bits per heavy atom. The molecule has 0 aromatic carbocycles. The average molecular weight is 248 g/mol. The fraction of sp³-hybridized carbons (Fsp3) is 0.444. The van der Waals surface area contributed by atoms with Crippen LogP contribution in [0.15, 0.2) is 12.5 Å². The predicted octanol–water partition coefficient (Wildman–Crippen LogP) is 0.0517. The van der Waals surface area contributed by atoms with E-state index in [1.54, 1.807) is 6.20 Å². The van der Waals surface area contributed by atoms with E-state index in [-0.39, 0.29) is 18.3 Å². The second-order valence-corrected chi connectivity index (χ2v) is 3.06. The van der Waals surface area contributed by atoms with Gasteiger partial charge in [0.05, 0.1) is 13.4 Å². The summed E-state index contributed by atoms with van der Waals surface area (Å²) in [7, 11) is 1.28. The molecule has 0 bridgehead atoms.